The van der Waals surface area contributed by atoms with Gasteiger partial charge in [0.25, 0.3) is 11.8 Å². The first kappa shape index (κ1) is 23.0. The van der Waals surface area contributed by atoms with E-state index in [1.54, 1.807) is 11.0 Å². The highest BCUT2D eigenvalue weighted by atomic mass is 19.1. The molecule has 0 saturated carbocycles. The minimum Gasteiger partial charge on any atom is -0.369 e. The van der Waals surface area contributed by atoms with Crippen molar-refractivity contribution in [2.24, 2.45) is 0 Å². The number of benzene rings is 2. The summed E-state index contributed by atoms with van der Waals surface area (Å²) in [6.45, 7) is 5.19. The summed E-state index contributed by atoms with van der Waals surface area (Å²) in [5, 5.41) is 10.1. The van der Waals surface area contributed by atoms with Crippen molar-refractivity contribution in [2.75, 3.05) is 56.5 Å². The Bertz CT molecular complexity index is 1190. The molecule has 0 spiro atoms. The van der Waals surface area contributed by atoms with E-state index in [-0.39, 0.29) is 23.5 Å². The van der Waals surface area contributed by atoms with Gasteiger partial charge in [0.2, 0.25) is 0 Å². The molecule has 182 valence electrons. The lowest BCUT2D eigenvalue weighted by Gasteiger charge is -2.34. The van der Waals surface area contributed by atoms with Crippen LogP contribution in [0.15, 0.2) is 54.6 Å². The standard InChI is InChI=1S/C26H29FN6O2/c1-31-12-14-32(15-13-31)22-8-6-21(7-9-22)28-25(34)24-16-23(29-30-24)19-10-11-33(17-19)26(35)18-2-4-20(27)5-3-18/h2-9,16,19H,10-15,17H2,1H3,(H,28,34)(H,29,30)/t19-/m0/s1. The maximum atomic E-state index is 13.2. The van der Waals surface area contributed by atoms with Gasteiger partial charge in [-0.2, -0.15) is 5.10 Å². The van der Waals surface area contributed by atoms with Crippen LogP contribution in [0.5, 0.6) is 0 Å². The summed E-state index contributed by atoms with van der Waals surface area (Å²) in [6.07, 6.45) is 0.768. The third kappa shape index (κ3) is 5.19. The number of carbonyl (C=O) groups excluding carboxylic acids is 2. The van der Waals surface area contributed by atoms with Crippen LogP contribution in [0.1, 0.15) is 38.9 Å². The van der Waals surface area contributed by atoms with Crippen LogP contribution in [0, 0.1) is 5.82 Å². The number of hydrogen-bond donors (Lipinski definition) is 2. The Kier molecular flexibility index (Phi) is 6.50. The molecule has 35 heavy (non-hydrogen) atoms. The molecule has 0 aliphatic carbocycles. The van der Waals surface area contributed by atoms with Crippen LogP contribution in [-0.4, -0.2) is 78.1 Å². The molecule has 2 fully saturated rings. The van der Waals surface area contributed by atoms with Crippen molar-refractivity contribution >= 4 is 23.2 Å². The van der Waals surface area contributed by atoms with Crippen molar-refractivity contribution in [2.45, 2.75) is 12.3 Å². The summed E-state index contributed by atoms with van der Waals surface area (Å²) >= 11 is 0. The molecule has 2 aliphatic rings. The fourth-order valence-electron chi connectivity index (χ4n) is 4.65. The van der Waals surface area contributed by atoms with E-state index in [0.717, 1.165) is 49.7 Å². The molecule has 2 aromatic carbocycles. The number of aromatic nitrogens is 2. The quantitative estimate of drug-likeness (QED) is 0.591. The molecule has 9 heteroatoms. The lowest BCUT2D eigenvalue weighted by Crippen LogP contribution is -2.44. The van der Waals surface area contributed by atoms with Gasteiger partial charge in [-0.15, -0.1) is 0 Å². The number of nitrogens with zero attached hydrogens (tertiary/aromatic N) is 4. The van der Waals surface area contributed by atoms with E-state index < -0.39 is 0 Å². The molecule has 0 unspecified atom stereocenters. The highest BCUT2D eigenvalue weighted by molar-refractivity contribution is 6.03. The maximum Gasteiger partial charge on any atom is 0.276 e. The molecular weight excluding hydrogens is 447 g/mol. The summed E-state index contributed by atoms with van der Waals surface area (Å²) in [5.74, 6) is -0.700. The van der Waals surface area contributed by atoms with Gasteiger partial charge in [-0.25, -0.2) is 4.39 Å². The van der Waals surface area contributed by atoms with Crippen LogP contribution >= 0.6 is 0 Å². The number of carbonyl (C=O) groups is 2. The first-order chi connectivity index (χ1) is 17.0. The van der Waals surface area contributed by atoms with E-state index >= 15 is 0 Å². The molecular formula is C26H29FN6O2. The average molecular weight is 477 g/mol. The van der Waals surface area contributed by atoms with Crippen LogP contribution in [0.25, 0.3) is 0 Å². The molecule has 0 radical (unpaired) electrons. The van der Waals surface area contributed by atoms with Crippen molar-refractivity contribution < 1.29 is 14.0 Å². The van der Waals surface area contributed by atoms with Gasteiger partial charge >= 0.3 is 0 Å². The predicted molar refractivity (Wildman–Crippen MR) is 132 cm³/mol. The van der Waals surface area contributed by atoms with Gasteiger partial charge in [0, 0.05) is 67.8 Å². The zero-order chi connectivity index (χ0) is 24.4. The second-order valence-electron chi connectivity index (χ2n) is 9.24. The Hall–Kier alpha value is -3.72. The largest absolute Gasteiger partial charge is 0.369 e. The summed E-state index contributed by atoms with van der Waals surface area (Å²) < 4.78 is 13.2. The number of H-pyrrole nitrogens is 1. The summed E-state index contributed by atoms with van der Waals surface area (Å²) in [5.41, 5.74) is 3.48. The van der Waals surface area contributed by atoms with Gasteiger partial charge in [-0.1, -0.05) is 0 Å². The van der Waals surface area contributed by atoms with E-state index in [9.17, 15) is 14.0 Å². The smallest absolute Gasteiger partial charge is 0.276 e. The fraction of sp³-hybridized carbons (Fsp3) is 0.346. The second kappa shape index (κ2) is 9.87. The van der Waals surface area contributed by atoms with E-state index in [2.05, 4.69) is 32.4 Å². The van der Waals surface area contributed by atoms with Crippen molar-refractivity contribution in [3.8, 4) is 0 Å². The van der Waals surface area contributed by atoms with Gasteiger partial charge in [0.05, 0.1) is 0 Å². The Morgan fingerprint density at radius 2 is 1.71 bits per heavy atom. The molecule has 2 aliphatic heterocycles. The highest BCUT2D eigenvalue weighted by Gasteiger charge is 2.29. The van der Waals surface area contributed by atoms with Crippen LogP contribution < -0.4 is 10.2 Å². The second-order valence-corrected chi connectivity index (χ2v) is 9.24. The first-order valence-electron chi connectivity index (χ1n) is 11.9. The maximum absolute atomic E-state index is 13.2. The van der Waals surface area contributed by atoms with Crippen molar-refractivity contribution in [3.63, 3.8) is 0 Å². The number of piperazine rings is 1. The molecule has 2 amide bonds. The minimum absolute atomic E-state index is 0.0660. The molecule has 1 aromatic heterocycles. The number of nitrogens with one attached hydrogen (secondary N) is 2. The Labute approximate surface area is 203 Å². The zero-order valence-electron chi connectivity index (χ0n) is 19.7. The molecule has 5 rings (SSSR count). The van der Waals surface area contributed by atoms with Crippen molar-refractivity contribution in [1.29, 1.82) is 0 Å². The number of anilines is 2. The summed E-state index contributed by atoms with van der Waals surface area (Å²) in [4.78, 5) is 31.9. The highest BCUT2D eigenvalue weighted by Crippen LogP contribution is 2.28. The predicted octanol–water partition coefficient (Wildman–Crippen LogP) is 3.18. The van der Waals surface area contributed by atoms with Crippen LogP contribution in [-0.2, 0) is 0 Å². The third-order valence-corrected chi connectivity index (χ3v) is 6.83. The Morgan fingerprint density at radius 3 is 2.43 bits per heavy atom. The molecule has 8 nitrogen and oxygen atoms in total. The Balaban J connectivity index is 1.17. The van der Waals surface area contributed by atoms with Crippen LogP contribution in [0.4, 0.5) is 15.8 Å². The molecule has 3 aromatic rings. The molecule has 2 N–H and O–H groups in total. The van der Waals surface area contributed by atoms with Crippen molar-refractivity contribution in [1.82, 2.24) is 20.0 Å². The normalized spacial score (nSPS) is 18.6. The fourth-order valence-corrected chi connectivity index (χ4v) is 4.65. The summed E-state index contributed by atoms with van der Waals surface area (Å²) in [7, 11) is 2.13. The number of aromatic amines is 1. The number of hydrogen-bond acceptors (Lipinski definition) is 5. The molecule has 2 saturated heterocycles. The van der Waals surface area contributed by atoms with E-state index in [1.165, 1.54) is 24.3 Å². The summed E-state index contributed by atoms with van der Waals surface area (Å²) in [6, 6.07) is 15.2. The molecule has 3 heterocycles. The number of likely N-dealkylation sites (tertiary alicyclic amines) is 1. The lowest BCUT2D eigenvalue weighted by atomic mass is 10.0. The molecule has 0 bridgehead atoms. The molecule has 1 atom stereocenters. The number of amides is 2. The number of halogens is 1. The van der Waals surface area contributed by atoms with Gasteiger partial charge in [0.1, 0.15) is 5.82 Å². The number of rotatable bonds is 5. The number of likely N-dealkylation sites (N-methyl/N-ethyl adjacent to an activating group) is 1. The van der Waals surface area contributed by atoms with E-state index in [0.29, 0.717) is 24.3 Å². The third-order valence-electron chi connectivity index (χ3n) is 6.83. The van der Waals surface area contributed by atoms with E-state index in [4.69, 9.17) is 0 Å². The Morgan fingerprint density at radius 1 is 1.00 bits per heavy atom. The van der Waals surface area contributed by atoms with E-state index in [1.807, 2.05) is 24.3 Å². The van der Waals surface area contributed by atoms with Crippen LogP contribution in [0.2, 0.25) is 0 Å². The van der Waals surface area contributed by atoms with Gasteiger partial charge in [0.15, 0.2) is 5.69 Å². The SMILES string of the molecule is CN1CCN(c2ccc(NC(=O)c3cc([C@H]4CCN(C(=O)c5ccc(F)cc5)C4)[nH]n3)cc2)CC1. The van der Waals surface area contributed by atoms with Gasteiger partial charge in [-0.05, 0) is 68.1 Å². The van der Waals surface area contributed by atoms with Gasteiger partial charge in [-0.3, -0.25) is 14.7 Å². The van der Waals surface area contributed by atoms with Crippen molar-refractivity contribution in [3.05, 3.63) is 77.4 Å². The minimum atomic E-state index is -0.366. The van der Waals surface area contributed by atoms with Crippen LogP contribution in [0.3, 0.4) is 0 Å². The van der Waals surface area contributed by atoms with Gasteiger partial charge < -0.3 is 20.0 Å². The first-order valence-corrected chi connectivity index (χ1v) is 11.9. The monoisotopic (exact) mass is 476 g/mol. The topological polar surface area (TPSA) is 84.6 Å². The average Bonchev–Trinajstić information content (AvgIpc) is 3.55. The zero-order valence-corrected chi connectivity index (χ0v) is 19.7. The lowest BCUT2D eigenvalue weighted by molar-refractivity contribution is 0.0790.